The van der Waals surface area contributed by atoms with Crippen LogP contribution in [-0.4, -0.2) is 42.9 Å². The molecule has 0 aliphatic rings. The lowest BCUT2D eigenvalue weighted by Crippen LogP contribution is -2.37. The largest absolute Gasteiger partial charge is 0.397 e. The molecule has 0 saturated carbocycles. The van der Waals surface area contributed by atoms with Crippen LogP contribution in [0.2, 0.25) is 0 Å². The number of hydrogen-bond donors (Lipinski definition) is 2. The Kier molecular flexibility index (Phi) is 9.10. The number of benzene rings is 1. The molecule has 1 aromatic carbocycles. The molecular weight excluding hydrogens is 232 g/mol. The van der Waals surface area contributed by atoms with Gasteiger partial charge < -0.3 is 19.7 Å². The van der Waals surface area contributed by atoms with Crippen LogP contribution in [0.3, 0.4) is 0 Å². The van der Waals surface area contributed by atoms with Gasteiger partial charge in [0.15, 0.2) is 0 Å². The van der Waals surface area contributed by atoms with E-state index < -0.39 is 5.41 Å². The number of rotatable bonds is 6. The summed E-state index contributed by atoms with van der Waals surface area (Å²) in [5, 5.41) is 16.9. The van der Waals surface area contributed by atoms with Gasteiger partial charge in [-0.3, -0.25) is 0 Å². The van der Waals surface area contributed by atoms with E-state index >= 15 is 0 Å². The standard InChI is InChI=1S/C12H16O3.C2H6O/c1-2-15-10-12(8-13,9-14)11-6-4-3-5-7-11;1-2-3/h3-8,14H,2,9-10H2,1H3;3H,2H2,1H3. The smallest absolute Gasteiger partial charge is 0.135 e. The summed E-state index contributed by atoms with van der Waals surface area (Å²) in [6.07, 6.45) is 0.762. The lowest BCUT2D eigenvalue weighted by Gasteiger charge is -2.25. The Morgan fingerprint density at radius 3 is 2.17 bits per heavy atom. The summed E-state index contributed by atoms with van der Waals surface area (Å²) in [7, 11) is 0. The van der Waals surface area contributed by atoms with Crippen LogP contribution in [0.4, 0.5) is 0 Å². The monoisotopic (exact) mass is 254 g/mol. The summed E-state index contributed by atoms with van der Waals surface area (Å²) in [6.45, 7) is 4.30. The van der Waals surface area contributed by atoms with E-state index in [0.29, 0.717) is 6.61 Å². The van der Waals surface area contributed by atoms with Crippen molar-refractivity contribution >= 4 is 6.29 Å². The topological polar surface area (TPSA) is 66.8 Å². The average Bonchev–Trinajstić information content (AvgIpc) is 2.43. The summed E-state index contributed by atoms with van der Waals surface area (Å²) < 4.78 is 5.24. The van der Waals surface area contributed by atoms with Crippen molar-refractivity contribution in [2.75, 3.05) is 26.4 Å². The highest BCUT2D eigenvalue weighted by atomic mass is 16.5. The summed E-state index contributed by atoms with van der Waals surface area (Å²) in [6, 6.07) is 9.20. The maximum Gasteiger partial charge on any atom is 0.135 e. The van der Waals surface area contributed by atoms with Gasteiger partial charge in [0.1, 0.15) is 6.29 Å². The Balaban J connectivity index is 0.000000873. The van der Waals surface area contributed by atoms with Crippen molar-refractivity contribution in [1.82, 2.24) is 0 Å². The molecule has 2 N–H and O–H groups in total. The van der Waals surface area contributed by atoms with Gasteiger partial charge in [0.25, 0.3) is 0 Å². The molecule has 0 spiro atoms. The molecule has 1 atom stereocenters. The van der Waals surface area contributed by atoms with Crippen LogP contribution in [0, 0.1) is 0 Å². The molecule has 0 heterocycles. The first kappa shape index (κ1) is 16.8. The molecule has 0 radical (unpaired) electrons. The van der Waals surface area contributed by atoms with E-state index in [1.54, 1.807) is 6.92 Å². The van der Waals surface area contributed by atoms with Crippen molar-refractivity contribution in [3.8, 4) is 0 Å². The van der Waals surface area contributed by atoms with Gasteiger partial charge in [-0.2, -0.15) is 0 Å². The maximum atomic E-state index is 11.1. The molecule has 0 aliphatic carbocycles. The molecule has 0 aliphatic heterocycles. The minimum atomic E-state index is -0.919. The second kappa shape index (κ2) is 9.76. The van der Waals surface area contributed by atoms with E-state index in [2.05, 4.69) is 0 Å². The number of carbonyl (C=O) groups excluding carboxylic acids is 1. The number of hydrogen-bond acceptors (Lipinski definition) is 4. The molecule has 1 aromatic rings. The highest BCUT2D eigenvalue weighted by Gasteiger charge is 2.31. The fourth-order valence-electron chi connectivity index (χ4n) is 1.41. The van der Waals surface area contributed by atoms with Gasteiger partial charge in [-0.1, -0.05) is 30.3 Å². The van der Waals surface area contributed by atoms with Crippen molar-refractivity contribution in [2.24, 2.45) is 0 Å². The highest BCUT2D eigenvalue weighted by molar-refractivity contribution is 5.69. The van der Waals surface area contributed by atoms with Crippen LogP contribution in [0.5, 0.6) is 0 Å². The van der Waals surface area contributed by atoms with Gasteiger partial charge in [0.05, 0.1) is 18.6 Å². The first-order valence-electron chi connectivity index (χ1n) is 6.02. The molecule has 1 unspecified atom stereocenters. The van der Waals surface area contributed by atoms with Crippen molar-refractivity contribution in [3.63, 3.8) is 0 Å². The first-order valence-corrected chi connectivity index (χ1v) is 6.02. The van der Waals surface area contributed by atoms with Crippen molar-refractivity contribution < 1.29 is 19.7 Å². The van der Waals surface area contributed by atoms with E-state index in [4.69, 9.17) is 9.84 Å². The third kappa shape index (κ3) is 4.96. The predicted octanol–water partition coefficient (Wildman–Crippen LogP) is 1.15. The molecule has 4 heteroatoms. The van der Waals surface area contributed by atoms with Crippen LogP contribution < -0.4 is 0 Å². The molecule has 0 saturated heterocycles. The zero-order chi connectivity index (χ0) is 13.9. The summed E-state index contributed by atoms with van der Waals surface area (Å²) in [5.74, 6) is 0. The third-order valence-corrected chi connectivity index (χ3v) is 2.42. The Morgan fingerprint density at radius 2 is 1.78 bits per heavy atom. The van der Waals surface area contributed by atoms with Crippen LogP contribution in [-0.2, 0) is 14.9 Å². The number of aldehydes is 1. The minimum Gasteiger partial charge on any atom is -0.397 e. The predicted molar refractivity (Wildman–Crippen MR) is 70.5 cm³/mol. The fraction of sp³-hybridized carbons (Fsp3) is 0.500. The van der Waals surface area contributed by atoms with Crippen molar-refractivity contribution in [3.05, 3.63) is 35.9 Å². The lowest BCUT2D eigenvalue weighted by molar-refractivity contribution is -0.116. The van der Waals surface area contributed by atoms with Crippen LogP contribution in [0.1, 0.15) is 19.4 Å². The molecule has 0 bridgehead atoms. The van der Waals surface area contributed by atoms with Gasteiger partial charge >= 0.3 is 0 Å². The van der Waals surface area contributed by atoms with E-state index in [1.807, 2.05) is 37.3 Å². The number of ether oxygens (including phenoxy) is 1. The van der Waals surface area contributed by atoms with Gasteiger partial charge in [0.2, 0.25) is 0 Å². The minimum absolute atomic E-state index is 0.216. The quantitative estimate of drug-likeness (QED) is 0.747. The van der Waals surface area contributed by atoms with Crippen LogP contribution in [0.15, 0.2) is 30.3 Å². The molecule has 4 nitrogen and oxygen atoms in total. The van der Waals surface area contributed by atoms with Gasteiger partial charge in [0, 0.05) is 13.2 Å². The third-order valence-electron chi connectivity index (χ3n) is 2.42. The summed E-state index contributed by atoms with van der Waals surface area (Å²) >= 11 is 0. The molecule has 0 aromatic heterocycles. The second-order valence-corrected chi connectivity index (χ2v) is 3.75. The highest BCUT2D eigenvalue weighted by Crippen LogP contribution is 2.21. The van der Waals surface area contributed by atoms with Gasteiger partial charge in [-0.15, -0.1) is 0 Å². The lowest BCUT2D eigenvalue weighted by atomic mass is 9.83. The van der Waals surface area contributed by atoms with E-state index in [9.17, 15) is 9.90 Å². The maximum absolute atomic E-state index is 11.1. The van der Waals surface area contributed by atoms with Gasteiger partial charge in [-0.05, 0) is 19.4 Å². The Bertz CT molecular complexity index is 313. The SMILES string of the molecule is CCO.CCOCC(C=O)(CO)c1ccccc1. The molecule has 102 valence electrons. The summed E-state index contributed by atoms with van der Waals surface area (Å²) in [5.41, 5.74) is -0.131. The summed E-state index contributed by atoms with van der Waals surface area (Å²) in [4.78, 5) is 11.1. The van der Waals surface area contributed by atoms with Crippen LogP contribution >= 0.6 is 0 Å². The van der Waals surface area contributed by atoms with Crippen molar-refractivity contribution in [1.29, 1.82) is 0 Å². The normalized spacial score (nSPS) is 13.1. The molecule has 1 rings (SSSR count). The molecular formula is C14H22O4. The molecule has 18 heavy (non-hydrogen) atoms. The van der Waals surface area contributed by atoms with E-state index in [-0.39, 0.29) is 19.8 Å². The second-order valence-electron chi connectivity index (χ2n) is 3.75. The molecule has 0 fully saturated rings. The Morgan fingerprint density at radius 1 is 1.22 bits per heavy atom. The zero-order valence-electron chi connectivity index (χ0n) is 11.0. The number of aliphatic hydroxyl groups is 2. The first-order chi connectivity index (χ1) is 8.70. The fourth-order valence-corrected chi connectivity index (χ4v) is 1.41. The Labute approximate surface area is 108 Å². The van der Waals surface area contributed by atoms with Crippen molar-refractivity contribution in [2.45, 2.75) is 19.3 Å². The number of carbonyl (C=O) groups is 1. The van der Waals surface area contributed by atoms with E-state index in [0.717, 1.165) is 11.8 Å². The average molecular weight is 254 g/mol. The van der Waals surface area contributed by atoms with Gasteiger partial charge in [-0.25, -0.2) is 0 Å². The zero-order valence-corrected chi connectivity index (χ0v) is 11.0. The number of aliphatic hydroxyl groups excluding tert-OH is 2. The Hall–Kier alpha value is -1.23. The van der Waals surface area contributed by atoms with Crippen LogP contribution in [0.25, 0.3) is 0 Å². The van der Waals surface area contributed by atoms with E-state index in [1.165, 1.54) is 0 Å². The molecule has 0 amide bonds.